The maximum atomic E-state index is 13.8. The summed E-state index contributed by atoms with van der Waals surface area (Å²) in [4.78, 5) is 25.5. The second kappa shape index (κ2) is 8.42. The summed E-state index contributed by atoms with van der Waals surface area (Å²) in [5.74, 6) is 1.96. The Hall–Kier alpha value is -2.56. The molecular weight excluding hydrogens is 433 g/mol. The molecular formula is C20H13BrFNO3S. The number of hydrogen-bond acceptors (Lipinski definition) is 4. The van der Waals surface area contributed by atoms with Crippen LogP contribution in [-0.4, -0.2) is 22.6 Å². The molecule has 0 atom stereocenters. The molecule has 136 valence electrons. The Morgan fingerprint density at radius 1 is 1.26 bits per heavy atom. The molecule has 2 aromatic rings. The summed E-state index contributed by atoms with van der Waals surface area (Å²) in [7, 11) is 0. The Morgan fingerprint density at radius 2 is 2.04 bits per heavy atom. The molecule has 7 heteroatoms. The van der Waals surface area contributed by atoms with E-state index in [4.69, 9.17) is 11.2 Å². The molecule has 0 bridgehead atoms. The van der Waals surface area contributed by atoms with Gasteiger partial charge in [0.25, 0.3) is 11.1 Å². The highest BCUT2D eigenvalue weighted by atomic mass is 79.9. The van der Waals surface area contributed by atoms with Gasteiger partial charge in [-0.15, -0.1) is 6.42 Å². The summed E-state index contributed by atoms with van der Waals surface area (Å²) in [6, 6.07) is 11.6. The lowest BCUT2D eigenvalue weighted by atomic mass is 10.1. The predicted molar refractivity (Wildman–Crippen MR) is 106 cm³/mol. The van der Waals surface area contributed by atoms with Crippen molar-refractivity contribution in [3.8, 4) is 18.1 Å². The van der Waals surface area contributed by atoms with Crippen molar-refractivity contribution in [2.24, 2.45) is 0 Å². The highest BCUT2D eigenvalue weighted by Crippen LogP contribution is 2.34. The van der Waals surface area contributed by atoms with Crippen molar-refractivity contribution in [3.05, 3.63) is 68.8 Å². The lowest BCUT2D eigenvalue weighted by molar-refractivity contribution is -0.122. The summed E-state index contributed by atoms with van der Waals surface area (Å²) < 4.78 is 20.3. The standard InChI is InChI=1S/C20H13BrFNO3S/c1-2-9-23-19(24)18(27-20(23)25)11-14-10-15(21)7-8-17(14)26-12-13-5-3-4-6-16(13)22/h1,3-8,10-11H,9,12H2/b18-11+. The molecule has 1 aliphatic heterocycles. The van der Waals surface area contributed by atoms with Crippen LogP contribution in [0.1, 0.15) is 11.1 Å². The maximum Gasteiger partial charge on any atom is 0.294 e. The third kappa shape index (κ3) is 4.41. The van der Waals surface area contributed by atoms with Crippen molar-refractivity contribution in [2.45, 2.75) is 6.61 Å². The Labute approximate surface area is 168 Å². The maximum absolute atomic E-state index is 13.8. The average molecular weight is 446 g/mol. The quantitative estimate of drug-likeness (QED) is 0.488. The van der Waals surface area contributed by atoms with E-state index in [2.05, 4.69) is 21.9 Å². The van der Waals surface area contributed by atoms with Gasteiger partial charge in [0, 0.05) is 15.6 Å². The third-order valence-corrected chi connectivity index (χ3v) is 5.12. The van der Waals surface area contributed by atoms with Crippen LogP contribution >= 0.6 is 27.7 Å². The molecule has 0 unspecified atom stereocenters. The molecule has 0 aromatic heterocycles. The van der Waals surface area contributed by atoms with Gasteiger partial charge in [-0.3, -0.25) is 14.5 Å². The highest BCUT2D eigenvalue weighted by Gasteiger charge is 2.34. The van der Waals surface area contributed by atoms with Gasteiger partial charge < -0.3 is 4.74 Å². The molecule has 1 saturated heterocycles. The number of halogens is 2. The second-order valence-electron chi connectivity index (χ2n) is 5.53. The minimum absolute atomic E-state index is 0.0354. The van der Waals surface area contributed by atoms with Crippen LogP contribution in [-0.2, 0) is 11.4 Å². The molecule has 0 spiro atoms. The monoisotopic (exact) mass is 445 g/mol. The first-order chi connectivity index (χ1) is 13.0. The molecule has 1 heterocycles. The summed E-state index contributed by atoms with van der Waals surface area (Å²) >= 11 is 4.20. The van der Waals surface area contributed by atoms with Crippen molar-refractivity contribution >= 4 is 44.9 Å². The molecule has 0 aliphatic carbocycles. The number of rotatable bonds is 5. The lowest BCUT2D eigenvalue weighted by Gasteiger charge is -2.11. The molecule has 27 heavy (non-hydrogen) atoms. The van der Waals surface area contributed by atoms with E-state index in [1.807, 2.05) is 0 Å². The number of thioether (sulfide) groups is 1. The number of ether oxygens (including phenoxy) is 1. The van der Waals surface area contributed by atoms with E-state index >= 15 is 0 Å². The van der Waals surface area contributed by atoms with Crippen LogP contribution in [0.3, 0.4) is 0 Å². The van der Waals surface area contributed by atoms with Crippen LogP contribution < -0.4 is 4.74 Å². The minimum atomic E-state index is -0.442. The van der Waals surface area contributed by atoms with Crippen molar-refractivity contribution in [1.29, 1.82) is 0 Å². The minimum Gasteiger partial charge on any atom is -0.488 e. The average Bonchev–Trinajstić information content (AvgIpc) is 2.90. The summed E-state index contributed by atoms with van der Waals surface area (Å²) in [5, 5.41) is -0.409. The first kappa shape index (κ1) is 19.2. The van der Waals surface area contributed by atoms with E-state index < -0.39 is 11.1 Å². The number of carbonyl (C=O) groups is 2. The first-order valence-corrected chi connectivity index (χ1v) is 9.45. The topological polar surface area (TPSA) is 46.6 Å². The van der Waals surface area contributed by atoms with Crippen molar-refractivity contribution in [3.63, 3.8) is 0 Å². The number of nitrogens with zero attached hydrogens (tertiary/aromatic N) is 1. The van der Waals surface area contributed by atoms with Crippen LogP contribution in [0.15, 0.2) is 51.8 Å². The van der Waals surface area contributed by atoms with Gasteiger partial charge in [-0.25, -0.2) is 4.39 Å². The fraction of sp³-hybridized carbons (Fsp3) is 0.100. The number of amides is 2. The van der Waals surface area contributed by atoms with Crippen LogP contribution in [0.25, 0.3) is 6.08 Å². The van der Waals surface area contributed by atoms with Crippen LogP contribution in [0.4, 0.5) is 9.18 Å². The van der Waals surface area contributed by atoms with Crippen LogP contribution in [0.5, 0.6) is 5.75 Å². The van der Waals surface area contributed by atoms with E-state index in [0.29, 0.717) is 16.9 Å². The first-order valence-electron chi connectivity index (χ1n) is 7.84. The predicted octanol–water partition coefficient (Wildman–Crippen LogP) is 4.84. The fourth-order valence-corrected chi connectivity index (χ4v) is 3.61. The number of hydrogen-bond donors (Lipinski definition) is 0. The van der Waals surface area contributed by atoms with Gasteiger partial charge in [0.1, 0.15) is 18.2 Å². The van der Waals surface area contributed by atoms with Gasteiger partial charge in [0.2, 0.25) is 0 Å². The highest BCUT2D eigenvalue weighted by molar-refractivity contribution is 9.10. The van der Waals surface area contributed by atoms with E-state index in [-0.39, 0.29) is 23.9 Å². The molecule has 2 amide bonds. The lowest BCUT2D eigenvalue weighted by Crippen LogP contribution is -2.28. The van der Waals surface area contributed by atoms with Gasteiger partial charge in [-0.1, -0.05) is 40.0 Å². The summed E-state index contributed by atoms with van der Waals surface area (Å²) in [6.45, 7) is -0.0369. The number of carbonyl (C=O) groups excluding carboxylic acids is 2. The number of benzene rings is 2. The smallest absolute Gasteiger partial charge is 0.294 e. The molecule has 1 aliphatic rings. The Bertz CT molecular complexity index is 983. The normalized spacial score (nSPS) is 15.3. The van der Waals surface area contributed by atoms with Crippen molar-refractivity contribution in [1.82, 2.24) is 4.90 Å². The largest absolute Gasteiger partial charge is 0.488 e. The van der Waals surface area contributed by atoms with Gasteiger partial charge in [0.15, 0.2) is 0 Å². The van der Waals surface area contributed by atoms with Crippen molar-refractivity contribution < 1.29 is 18.7 Å². The van der Waals surface area contributed by atoms with Gasteiger partial charge in [0.05, 0.1) is 11.4 Å². The summed E-state index contributed by atoms with van der Waals surface area (Å²) in [5.41, 5.74) is 1.01. The zero-order chi connectivity index (χ0) is 19.4. The van der Waals surface area contributed by atoms with Gasteiger partial charge in [-0.05, 0) is 42.1 Å². The zero-order valence-electron chi connectivity index (χ0n) is 13.9. The molecule has 1 fully saturated rings. The Balaban J connectivity index is 1.87. The van der Waals surface area contributed by atoms with Crippen LogP contribution in [0, 0.1) is 18.2 Å². The molecule has 0 N–H and O–H groups in total. The van der Waals surface area contributed by atoms with Crippen molar-refractivity contribution in [2.75, 3.05) is 6.54 Å². The zero-order valence-corrected chi connectivity index (χ0v) is 16.3. The Kier molecular flexibility index (Phi) is 5.99. The molecule has 0 radical (unpaired) electrons. The SMILES string of the molecule is C#CCN1C(=O)S/C(=C/c2cc(Br)ccc2OCc2ccccc2F)C1=O. The molecule has 3 rings (SSSR count). The molecule has 0 saturated carbocycles. The Morgan fingerprint density at radius 3 is 2.78 bits per heavy atom. The summed E-state index contributed by atoms with van der Waals surface area (Å²) in [6.07, 6.45) is 6.77. The van der Waals surface area contributed by atoms with E-state index in [9.17, 15) is 14.0 Å². The van der Waals surface area contributed by atoms with Gasteiger partial charge >= 0.3 is 0 Å². The molecule has 4 nitrogen and oxygen atoms in total. The third-order valence-electron chi connectivity index (χ3n) is 3.72. The fourth-order valence-electron chi connectivity index (χ4n) is 2.40. The van der Waals surface area contributed by atoms with E-state index in [1.54, 1.807) is 42.5 Å². The van der Waals surface area contributed by atoms with Gasteiger partial charge in [-0.2, -0.15) is 0 Å². The van der Waals surface area contributed by atoms with E-state index in [0.717, 1.165) is 21.1 Å². The second-order valence-corrected chi connectivity index (χ2v) is 7.44. The number of terminal acetylenes is 1. The van der Waals surface area contributed by atoms with Crippen LogP contribution in [0.2, 0.25) is 0 Å². The number of imide groups is 1. The molecule has 2 aromatic carbocycles. The van der Waals surface area contributed by atoms with E-state index in [1.165, 1.54) is 6.07 Å².